The van der Waals surface area contributed by atoms with E-state index in [4.69, 9.17) is 5.73 Å². The number of para-hydroxylation sites is 1. The Hall–Kier alpha value is -2.70. The highest BCUT2D eigenvalue weighted by molar-refractivity contribution is 6.06. The molecule has 2 aromatic heterocycles. The Balaban J connectivity index is 2.17. The van der Waals surface area contributed by atoms with Crippen LogP contribution in [0.25, 0.3) is 10.9 Å². The summed E-state index contributed by atoms with van der Waals surface area (Å²) < 4.78 is 14.6. The average molecular weight is 259 g/mol. The third kappa shape index (κ3) is 1.67. The number of halogens is 1. The number of nitrogens with zero attached hydrogens (tertiary/aromatic N) is 3. The van der Waals surface area contributed by atoms with Gasteiger partial charge in [-0.05, 0) is 13.0 Å². The summed E-state index contributed by atoms with van der Waals surface area (Å²) in [6, 6.07) is 5.99. The van der Waals surface area contributed by atoms with Crippen molar-refractivity contribution in [2.24, 2.45) is 0 Å². The van der Waals surface area contributed by atoms with Crippen molar-refractivity contribution in [1.82, 2.24) is 20.0 Å². The van der Waals surface area contributed by atoms with Crippen molar-refractivity contribution in [3.05, 3.63) is 41.5 Å². The number of aromatic nitrogens is 4. The Morgan fingerprint density at radius 2 is 2.26 bits per heavy atom. The van der Waals surface area contributed by atoms with Crippen LogP contribution in [0.1, 0.15) is 16.2 Å². The van der Waals surface area contributed by atoms with Gasteiger partial charge in [0.2, 0.25) is 0 Å². The van der Waals surface area contributed by atoms with Crippen LogP contribution in [0.15, 0.2) is 24.3 Å². The van der Waals surface area contributed by atoms with E-state index in [0.717, 1.165) is 4.68 Å². The number of rotatable bonds is 1. The van der Waals surface area contributed by atoms with Crippen molar-refractivity contribution in [3.8, 4) is 0 Å². The lowest BCUT2D eigenvalue weighted by atomic mass is 10.2. The molecule has 0 fully saturated rings. The van der Waals surface area contributed by atoms with Crippen molar-refractivity contribution in [3.63, 3.8) is 0 Å². The first-order chi connectivity index (χ1) is 9.08. The molecule has 19 heavy (non-hydrogen) atoms. The number of hydrogen-bond donors (Lipinski definition) is 2. The van der Waals surface area contributed by atoms with Gasteiger partial charge in [-0.2, -0.15) is 14.9 Å². The van der Waals surface area contributed by atoms with Crippen LogP contribution in [0, 0.1) is 12.7 Å². The predicted molar refractivity (Wildman–Crippen MR) is 67.2 cm³/mol. The number of carbonyl (C=O) groups excluding carboxylic acids is 1. The van der Waals surface area contributed by atoms with Gasteiger partial charge in [0.15, 0.2) is 5.82 Å². The van der Waals surface area contributed by atoms with Gasteiger partial charge in [0.05, 0.1) is 5.69 Å². The first-order valence-electron chi connectivity index (χ1n) is 5.57. The first kappa shape index (κ1) is 11.4. The number of H-pyrrole nitrogens is 1. The molecular weight excluding hydrogens is 249 g/mol. The highest BCUT2D eigenvalue weighted by Crippen LogP contribution is 2.20. The summed E-state index contributed by atoms with van der Waals surface area (Å²) in [6.45, 7) is 1.73. The predicted octanol–water partition coefficient (Wildman–Crippen LogP) is 1.48. The van der Waals surface area contributed by atoms with Gasteiger partial charge < -0.3 is 5.73 Å². The molecule has 0 spiro atoms. The molecule has 0 amide bonds. The standard InChI is InChI=1S/C12H10FN5O/c1-6-5-9(14)18(17-6)12(19)11-7-3-2-4-8(13)10(7)15-16-11/h2-5H,14H2,1H3,(H,15,16). The molecule has 0 unspecified atom stereocenters. The summed E-state index contributed by atoms with van der Waals surface area (Å²) in [4.78, 5) is 12.3. The number of anilines is 1. The van der Waals surface area contributed by atoms with Gasteiger partial charge in [0.25, 0.3) is 5.91 Å². The molecular formula is C12H10FN5O. The fourth-order valence-electron chi connectivity index (χ4n) is 1.95. The van der Waals surface area contributed by atoms with E-state index in [1.54, 1.807) is 19.1 Å². The van der Waals surface area contributed by atoms with Crippen LogP contribution in [-0.4, -0.2) is 25.9 Å². The zero-order valence-electron chi connectivity index (χ0n) is 10.0. The molecule has 3 rings (SSSR count). The molecule has 0 aliphatic heterocycles. The van der Waals surface area contributed by atoms with Crippen LogP contribution in [-0.2, 0) is 0 Å². The molecule has 0 saturated heterocycles. The van der Waals surface area contributed by atoms with Crippen molar-refractivity contribution in [2.45, 2.75) is 6.92 Å². The number of nitrogens with one attached hydrogen (secondary N) is 1. The summed E-state index contributed by atoms with van der Waals surface area (Å²) in [5.74, 6) is -0.738. The lowest BCUT2D eigenvalue weighted by Crippen LogP contribution is -2.16. The van der Waals surface area contributed by atoms with Gasteiger partial charge in [-0.3, -0.25) is 9.89 Å². The number of fused-ring (bicyclic) bond motifs is 1. The highest BCUT2D eigenvalue weighted by atomic mass is 19.1. The summed E-state index contributed by atoms with van der Waals surface area (Å²) in [5, 5.41) is 10.7. The van der Waals surface area contributed by atoms with E-state index in [2.05, 4.69) is 15.3 Å². The molecule has 3 aromatic rings. The number of aromatic amines is 1. The number of aryl methyl sites for hydroxylation is 1. The lowest BCUT2D eigenvalue weighted by molar-refractivity contribution is 0.0944. The van der Waals surface area contributed by atoms with Crippen molar-refractivity contribution in [1.29, 1.82) is 0 Å². The van der Waals surface area contributed by atoms with E-state index in [-0.39, 0.29) is 17.0 Å². The first-order valence-corrected chi connectivity index (χ1v) is 5.57. The number of nitrogen functional groups attached to an aromatic ring is 1. The van der Waals surface area contributed by atoms with Crippen molar-refractivity contribution >= 4 is 22.6 Å². The average Bonchev–Trinajstić information content (AvgIpc) is 2.93. The third-order valence-corrected chi connectivity index (χ3v) is 2.80. The Kier molecular flexibility index (Phi) is 2.34. The number of benzene rings is 1. The number of carbonyl (C=O) groups is 1. The van der Waals surface area contributed by atoms with Crippen LogP contribution >= 0.6 is 0 Å². The molecule has 6 nitrogen and oxygen atoms in total. The molecule has 0 bridgehead atoms. The SMILES string of the molecule is Cc1cc(N)n(C(=O)c2[nH]nc3c(F)cccc23)n1. The van der Waals surface area contributed by atoms with Crippen molar-refractivity contribution < 1.29 is 9.18 Å². The van der Waals surface area contributed by atoms with Gasteiger partial charge in [-0.1, -0.05) is 12.1 Å². The monoisotopic (exact) mass is 259 g/mol. The van der Waals surface area contributed by atoms with Gasteiger partial charge >= 0.3 is 0 Å². The minimum absolute atomic E-state index is 0.119. The van der Waals surface area contributed by atoms with E-state index in [1.807, 2.05) is 0 Å². The minimum Gasteiger partial charge on any atom is -0.383 e. The van der Waals surface area contributed by atoms with Gasteiger partial charge in [0, 0.05) is 11.5 Å². The molecule has 7 heteroatoms. The second-order valence-electron chi connectivity index (χ2n) is 4.16. The van der Waals surface area contributed by atoms with Gasteiger partial charge in [-0.15, -0.1) is 0 Å². The topological polar surface area (TPSA) is 89.6 Å². The molecule has 0 saturated carbocycles. The normalized spacial score (nSPS) is 11.1. The maximum Gasteiger partial charge on any atom is 0.298 e. The van der Waals surface area contributed by atoms with Crippen LogP contribution in [0.3, 0.4) is 0 Å². The molecule has 0 radical (unpaired) electrons. The minimum atomic E-state index is -0.489. The number of nitrogens with two attached hydrogens (primary N) is 1. The number of hydrogen-bond acceptors (Lipinski definition) is 4. The zero-order valence-corrected chi connectivity index (χ0v) is 10.0. The summed E-state index contributed by atoms with van der Waals surface area (Å²) in [7, 11) is 0. The van der Waals surface area contributed by atoms with E-state index >= 15 is 0 Å². The third-order valence-electron chi connectivity index (χ3n) is 2.80. The molecule has 0 aliphatic carbocycles. The second-order valence-corrected chi connectivity index (χ2v) is 4.16. The molecule has 3 N–H and O–H groups in total. The molecule has 2 heterocycles. The Bertz CT molecular complexity index is 789. The summed E-state index contributed by atoms with van der Waals surface area (Å²) >= 11 is 0. The van der Waals surface area contributed by atoms with Crippen LogP contribution in [0.2, 0.25) is 0 Å². The fourth-order valence-corrected chi connectivity index (χ4v) is 1.95. The fraction of sp³-hybridized carbons (Fsp3) is 0.0833. The van der Waals surface area contributed by atoms with E-state index in [0.29, 0.717) is 11.1 Å². The van der Waals surface area contributed by atoms with Crippen LogP contribution in [0.4, 0.5) is 10.2 Å². The highest BCUT2D eigenvalue weighted by Gasteiger charge is 2.19. The Morgan fingerprint density at radius 1 is 1.47 bits per heavy atom. The maximum absolute atomic E-state index is 13.5. The smallest absolute Gasteiger partial charge is 0.298 e. The van der Waals surface area contributed by atoms with Gasteiger partial charge in [0.1, 0.15) is 17.0 Å². The van der Waals surface area contributed by atoms with E-state index in [1.165, 1.54) is 12.1 Å². The van der Waals surface area contributed by atoms with Gasteiger partial charge in [-0.25, -0.2) is 4.39 Å². The van der Waals surface area contributed by atoms with Crippen molar-refractivity contribution in [2.75, 3.05) is 5.73 Å². The lowest BCUT2D eigenvalue weighted by Gasteiger charge is -2.00. The molecule has 0 aliphatic rings. The zero-order chi connectivity index (χ0) is 13.6. The van der Waals surface area contributed by atoms with Crippen LogP contribution < -0.4 is 5.73 Å². The molecule has 96 valence electrons. The summed E-state index contributed by atoms with van der Waals surface area (Å²) in [5.41, 5.74) is 6.59. The van der Waals surface area contributed by atoms with E-state index in [9.17, 15) is 9.18 Å². The quantitative estimate of drug-likeness (QED) is 0.692. The Labute approximate surface area is 107 Å². The summed E-state index contributed by atoms with van der Waals surface area (Å²) in [6.07, 6.45) is 0. The Morgan fingerprint density at radius 3 is 2.95 bits per heavy atom. The maximum atomic E-state index is 13.5. The molecule has 0 atom stereocenters. The largest absolute Gasteiger partial charge is 0.383 e. The van der Waals surface area contributed by atoms with Crippen LogP contribution in [0.5, 0.6) is 0 Å². The van der Waals surface area contributed by atoms with E-state index < -0.39 is 11.7 Å². The molecule has 1 aromatic carbocycles. The second kappa shape index (κ2) is 3.91.